The van der Waals surface area contributed by atoms with E-state index in [2.05, 4.69) is 4.98 Å². The summed E-state index contributed by atoms with van der Waals surface area (Å²) < 4.78 is 6.31. The summed E-state index contributed by atoms with van der Waals surface area (Å²) in [7, 11) is 0. The fraction of sp³-hybridized carbons (Fsp3) is 0.600. The summed E-state index contributed by atoms with van der Waals surface area (Å²) in [4.78, 5) is 15.3. The third-order valence-electron chi connectivity index (χ3n) is 2.76. The van der Waals surface area contributed by atoms with Gasteiger partial charge in [0.1, 0.15) is 18.3 Å². The van der Waals surface area contributed by atoms with Gasteiger partial charge in [0.05, 0.1) is 6.61 Å². The average Bonchev–Trinajstić information content (AvgIpc) is 2.57. The van der Waals surface area contributed by atoms with E-state index in [1.54, 1.807) is 13.0 Å². The lowest BCUT2D eigenvalue weighted by atomic mass is 10.1. The van der Waals surface area contributed by atoms with E-state index in [4.69, 9.17) is 9.84 Å². The quantitative estimate of drug-likeness (QED) is 0.563. The molecule has 0 aliphatic carbocycles. The molecule has 0 aromatic carbocycles. The Kier molecular flexibility index (Phi) is 3.25. The van der Waals surface area contributed by atoms with Crippen molar-refractivity contribution in [3.63, 3.8) is 0 Å². The highest BCUT2D eigenvalue weighted by Crippen LogP contribution is 2.27. The lowest BCUT2D eigenvalue weighted by Gasteiger charge is -2.16. The standard InChI is InChI=1S/C10H14N2O5/c1-5-2-3-12(10(16)11-5)9-8(15)7(14)6(4-13)17-9/h2-3,6-9,13-15H,4H2,1H3. The first-order chi connectivity index (χ1) is 8.04. The zero-order chi connectivity index (χ0) is 12.6. The molecule has 1 aromatic heterocycles. The Bertz CT molecular complexity index is 460. The van der Waals surface area contributed by atoms with Crippen molar-refractivity contribution < 1.29 is 20.1 Å². The van der Waals surface area contributed by atoms with E-state index in [0.29, 0.717) is 5.69 Å². The highest BCUT2D eigenvalue weighted by atomic mass is 16.6. The molecule has 1 saturated heterocycles. The van der Waals surface area contributed by atoms with E-state index < -0.39 is 36.8 Å². The molecule has 0 bridgehead atoms. The number of aryl methyl sites for hydroxylation is 1. The predicted molar refractivity (Wildman–Crippen MR) is 56.2 cm³/mol. The number of hydrogen-bond donors (Lipinski definition) is 3. The van der Waals surface area contributed by atoms with Crippen molar-refractivity contribution >= 4 is 0 Å². The van der Waals surface area contributed by atoms with Crippen LogP contribution in [-0.4, -0.2) is 49.8 Å². The normalized spacial score (nSPS) is 32.9. The van der Waals surface area contributed by atoms with Gasteiger partial charge in [-0.25, -0.2) is 4.79 Å². The van der Waals surface area contributed by atoms with Gasteiger partial charge in [-0.2, -0.15) is 4.98 Å². The third-order valence-corrected chi connectivity index (χ3v) is 2.76. The van der Waals surface area contributed by atoms with E-state index in [-0.39, 0.29) is 0 Å². The van der Waals surface area contributed by atoms with Crippen LogP contribution in [0.1, 0.15) is 11.9 Å². The van der Waals surface area contributed by atoms with E-state index in [1.165, 1.54) is 6.20 Å². The molecule has 4 unspecified atom stereocenters. The number of hydrogen-bond acceptors (Lipinski definition) is 6. The molecule has 4 atom stereocenters. The highest BCUT2D eigenvalue weighted by molar-refractivity contribution is 4.98. The number of nitrogens with zero attached hydrogens (tertiary/aromatic N) is 2. The van der Waals surface area contributed by atoms with Crippen LogP contribution in [-0.2, 0) is 4.74 Å². The minimum atomic E-state index is -1.27. The van der Waals surface area contributed by atoms with Crippen LogP contribution >= 0.6 is 0 Å². The Hall–Kier alpha value is -1.28. The minimum absolute atomic E-state index is 0.428. The van der Waals surface area contributed by atoms with Gasteiger partial charge < -0.3 is 20.1 Å². The predicted octanol–water partition coefficient (Wildman–Crippen LogP) is -1.84. The van der Waals surface area contributed by atoms with Crippen molar-refractivity contribution in [3.8, 4) is 0 Å². The third kappa shape index (κ3) is 2.09. The zero-order valence-corrected chi connectivity index (χ0v) is 9.22. The van der Waals surface area contributed by atoms with E-state index >= 15 is 0 Å². The first-order valence-electron chi connectivity index (χ1n) is 5.23. The number of aliphatic hydroxyl groups excluding tert-OH is 3. The van der Waals surface area contributed by atoms with Gasteiger partial charge in [-0.1, -0.05) is 0 Å². The van der Waals surface area contributed by atoms with E-state index in [9.17, 15) is 15.0 Å². The smallest absolute Gasteiger partial charge is 0.349 e. The Morgan fingerprint density at radius 2 is 2.18 bits per heavy atom. The number of rotatable bonds is 2. The van der Waals surface area contributed by atoms with Gasteiger partial charge in [0.25, 0.3) is 0 Å². The summed E-state index contributed by atoms with van der Waals surface area (Å²) in [6, 6.07) is 1.59. The first kappa shape index (κ1) is 12.2. The van der Waals surface area contributed by atoms with Crippen LogP contribution in [0.3, 0.4) is 0 Å². The highest BCUT2D eigenvalue weighted by Gasteiger charge is 2.43. The largest absolute Gasteiger partial charge is 0.394 e. The molecular weight excluding hydrogens is 228 g/mol. The molecular formula is C10H14N2O5. The van der Waals surface area contributed by atoms with Gasteiger partial charge >= 0.3 is 5.69 Å². The fourth-order valence-electron chi connectivity index (χ4n) is 1.80. The molecule has 2 heterocycles. The summed E-state index contributed by atoms with van der Waals surface area (Å²) in [5, 5.41) is 28.2. The first-order valence-corrected chi connectivity index (χ1v) is 5.23. The molecule has 1 aliphatic heterocycles. The second kappa shape index (κ2) is 4.53. The topological polar surface area (TPSA) is 105 Å². The molecule has 0 amide bonds. The van der Waals surface area contributed by atoms with Crippen LogP contribution in [0.5, 0.6) is 0 Å². The molecule has 0 spiro atoms. The van der Waals surface area contributed by atoms with Crippen LogP contribution in [0.2, 0.25) is 0 Å². The molecule has 2 rings (SSSR count). The van der Waals surface area contributed by atoms with E-state index in [0.717, 1.165) is 4.57 Å². The molecule has 7 nitrogen and oxygen atoms in total. The molecule has 0 radical (unpaired) electrons. The molecule has 17 heavy (non-hydrogen) atoms. The van der Waals surface area contributed by atoms with Gasteiger partial charge in [-0.3, -0.25) is 4.57 Å². The maximum atomic E-state index is 11.6. The van der Waals surface area contributed by atoms with Crippen molar-refractivity contribution in [1.29, 1.82) is 0 Å². The van der Waals surface area contributed by atoms with Crippen molar-refractivity contribution in [2.24, 2.45) is 0 Å². The lowest BCUT2D eigenvalue weighted by Crippen LogP contribution is -2.36. The Morgan fingerprint density at radius 3 is 2.71 bits per heavy atom. The lowest BCUT2D eigenvalue weighted by molar-refractivity contribution is -0.0550. The van der Waals surface area contributed by atoms with Gasteiger partial charge in [0, 0.05) is 11.9 Å². The van der Waals surface area contributed by atoms with Crippen molar-refractivity contribution in [2.45, 2.75) is 31.5 Å². The summed E-state index contributed by atoms with van der Waals surface area (Å²) in [5.41, 5.74) is -0.0159. The monoisotopic (exact) mass is 242 g/mol. The van der Waals surface area contributed by atoms with Crippen LogP contribution in [0.4, 0.5) is 0 Å². The number of aliphatic hydroxyl groups is 3. The Balaban J connectivity index is 2.32. The van der Waals surface area contributed by atoms with Gasteiger partial charge in [0.2, 0.25) is 0 Å². The molecule has 7 heteroatoms. The summed E-state index contributed by atoms with van der Waals surface area (Å²) >= 11 is 0. The van der Waals surface area contributed by atoms with E-state index in [1.807, 2.05) is 0 Å². The fourth-order valence-corrected chi connectivity index (χ4v) is 1.80. The van der Waals surface area contributed by atoms with Gasteiger partial charge in [-0.05, 0) is 13.0 Å². The minimum Gasteiger partial charge on any atom is -0.394 e. The van der Waals surface area contributed by atoms with Crippen LogP contribution in [0.25, 0.3) is 0 Å². The number of aromatic nitrogens is 2. The summed E-state index contributed by atoms with van der Waals surface area (Å²) in [5.74, 6) is 0. The van der Waals surface area contributed by atoms with Crippen LogP contribution in [0, 0.1) is 6.92 Å². The van der Waals surface area contributed by atoms with Crippen molar-refractivity contribution in [1.82, 2.24) is 9.55 Å². The van der Waals surface area contributed by atoms with Gasteiger partial charge in [-0.15, -0.1) is 0 Å². The Labute approximate surface area is 96.9 Å². The summed E-state index contributed by atoms with van der Waals surface area (Å²) in [6.45, 7) is 1.24. The molecule has 1 fully saturated rings. The average molecular weight is 242 g/mol. The second-order valence-corrected chi connectivity index (χ2v) is 3.99. The second-order valence-electron chi connectivity index (χ2n) is 3.99. The molecule has 3 N–H and O–H groups in total. The Morgan fingerprint density at radius 1 is 1.47 bits per heavy atom. The van der Waals surface area contributed by atoms with Crippen molar-refractivity contribution in [3.05, 3.63) is 28.4 Å². The SMILES string of the molecule is Cc1ccn(C2OC(CO)C(O)C2O)c(=O)n1. The van der Waals surface area contributed by atoms with Crippen molar-refractivity contribution in [2.75, 3.05) is 6.61 Å². The molecule has 1 aromatic rings. The van der Waals surface area contributed by atoms with Crippen LogP contribution in [0.15, 0.2) is 17.1 Å². The maximum absolute atomic E-state index is 11.6. The maximum Gasteiger partial charge on any atom is 0.349 e. The number of ether oxygens (including phenoxy) is 1. The molecule has 0 saturated carbocycles. The zero-order valence-electron chi connectivity index (χ0n) is 9.22. The molecule has 94 valence electrons. The van der Waals surface area contributed by atoms with Gasteiger partial charge in [0.15, 0.2) is 6.23 Å². The molecule has 1 aliphatic rings. The summed E-state index contributed by atoms with van der Waals surface area (Å²) in [6.07, 6.45) is -2.98. The van der Waals surface area contributed by atoms with Crippen LogP contribution < -0.4 is 5.69 Å².